The molecule has 11 rings (SSSR count). The van der Waals surface area contributed by atoms with Crippen LogP contribution in [0.25, 0.3) is 71.6 Å². The van der Waals surface area contributed by atoms with Crippen molar-refractivity contribution in [3.63, 3.8) is 0 Å². The number of hydrogen-bond donors (Lipinski definition) is 1. The van der Waals surface area contributed by atoms with E-state index in [0.29, 0.717) is 5.84 Å². The molecule has 0 amide bonds. The molecule has 0 radical (unpaired) electrons. The number of nitrogens with zero attached hydrogens (tertiary/aromatic N) is 3. The molecule has 4 heteroatoms. The van der Waals surface area contributed by atoms with Gasteiger partial charge >= 0.3 is 0 Å². The second-order valence-electron chi connectivity index (χ2n) is 15.1. The van der Waals surface area contributed by atoms with Gasteiger partial charge in [0.15, 0.2) is 5.84 Å². The molecule has 278 valence electrons. The third-order valence-corrected chi connectivity index (χ3v) is 11.5. The van der Waals surface area contributed by atoms with Gasteiger partial charge in [-0.25, -0.2) is 9.98 Å². The highest BCUT2D eigenvalue weighted by Crippen LogP contribution is 2.35. The van der Waals surface area contributed by atoms with Crippen molar-refractivity contribution >= 4 is 44.2 Å². The average molecular weight is 755 g/mol. The molecule has 1 atom stereocenters. The largest absolute Gasteiger partial charge is 0.344 e. The number of rotatable bonds is 7. The summed E-state index contributed by atoms with van der Waals surface area (Å²) in [6.45, 7) is 0. The highest BCUT2D eigenvalue weighted by molar-refractivity contribution is 6.16. The smallest absolute Gasteiger partial charge is 0.159 e. The van der Waals surface area contributed by atoms with Crippen LogP contribution in [0, 0.1) is 0 Å². The van der Waals surface area contributed by atoms with Gasteiger partial charge in [0.25, 0.3) is 0 Å². The quantitative estimate of drug-likeness (QED) is 0.173. The van der Waals surface area contributed by atoms with Crippen molar-refractivity contribution in [3.05, 3.63) is 235 Å². The monoisotopic (exact) mass is 754 g/mol. The van der Waals surface area contributed by atoms with Crippen LogP contribution in [0.2, 0.25) is 0 Å². The lowest BCUT2D eigenvalue weighted by Gasteiger charge is -2.24. The molecule has 0 spiro atoms. The highest BCUT2D eigenvalue weighted by atomic mass is 15.2. The maximum Gasteiger partial charge on any atom is 0.159 e. The summed E-state index contributed by atoms with van der Waals surface area (Å²) >= 11 is 0. The normalized spacial score (nSPS) is 13.9. The summed E-state index contributed by atoms with van der Waals surface area (Å²) in [6.07, 6.45) is -0.345. The Hall–Kier alpha value is -7.82. The number of hydrogen-bond acceptors (Lipinski definition) is 3. The molecular formula is C55H38N4. The second kappa shape index (κ2) is 14.6. The van der Waals surface area contributed by atoms with E-state index in [2.05, 4.69) is 222 Å². The van der Waals surface area contributed by atoms with Crippen molar-refractivity contribution in [2.75, 3.05) is 0 Å². The molecule has 1 aromatic heterocycles. The number of para-hydroxylation sites is 1. The van der Waals surface area contributed by atoms with Crippen LogP contribution in [-0.4, -0.2) is 16.2 Å². The molecule has 4 nitrogen and oxygen atoms in total. The minimum atomic E-state index is -0.345. The zero-order valence-corrected chi connectivity index (χ0v) is 32.2. The minimum Gasteiger partial charge on any atom is -0.344 e. The first-order chi connectivity index (χ1) is 29.2. The summed E-state index contributed by atoms with van der Waals surface area (Å²) in [7, 11) is 0. The zero-order chi connectivity index (χ0) is 39.1. The van der Waals surface area contributed by atoms with E-state index in [9.17, 15) is 0 Å². The molecule has 1 aliphatic heterocycles. The Kier molecular flexibility index (Phi) is 8.52. The lowest BCUT2D eigenvalue weighted by molar-refractivity contribution is 0.674. The van der Waals surface area contributed by atoms with Gasteiger partial charge in [-0.3, -0.25) is 0 Å². The highest BCUT2D eigenvalue weighted by Gasteiger charge is 2.23. The van der Waals surface area contributed by atoms with Crippen LogP contribution in [0.3, 0.4) is 0 Å². The van der Waals surface area contributed by atoms with Gasteiger partial charge in [0, 0.05) is 27.6 Å². The Labute approximate surface area is 343 Å². The molecule has 0 fully saturated rings. The third-order valence-electron chi connectivity index (χ3n) is 11.5. The van der Waals surface area contributed by atoms with Crippen LogP contribution >= 0.6 is 0 Å². The van der Waals surface area contributed by atoms with Crippen LogP contribution in [0.1, 0.15) is 22.9 Å². The van der Waals surface area contributed by atoms with E-state index in [1.54, 1.807) is 0 Å². The Morgan fingerprint density at radius 1 is 0.373 bits per heavy atom. The fraction of sp³-hybridized carbons (Fsp3) is 0.0182. The average Bonchev–Trinajstić information content (AvgIpc) is 3.65. The number of nitrogens with one attached hydrogen (secondary N) is 1. The van der Waals surface area contributed by atoms with Gasteiger partial charge in [0.05, 0.1) is 11.0 Å². The molecule has 9 aromatic carbocycles. The van der Waals surface area contributed by atoms with E-state index < -0.39 is 0 Å². The molecule has 0 saturated heterocycles. The van der Waals surface area contributed by atoms with Gasteiger partial charge in [-0.2, -0.15) is 0 Å². The zero-order valence-electron chi connectivity index (χ0n) is 32.2. The summed E-state index contributed by atoms with van der Waals surface area (Å²) in [5.74, 6) is 1.48. The lowest BCUT2D eigenvalue weighted by atomic mass is 9.99. The maximum absolute atomic E-state index is 5.32. The fourth-order valence-corrected chi connectivity index (χ4v) is 8.39. The van der Waals surface area contributed by atoms with Crippen molar-refractivity contribution < 1.29 is 0 Å². The number of aromatic nitrogens is 1. The second-order valence-corrected chi connectivity index (χ2v) is 15.1. The molecule has 1 unspecified atom stereocenters. The predicted molar refractivity (Wildman–Crippen MR) is 246 cm³/mol. The molecular weight excluding hydrogens is 717 g/mol. The standard InChI is InChI=1S/C55H38N4/c1-3-11-37(12-4-1)40-19-21-42(22-20-40)43-25-29-45(30-26-43)54-56-53(44-27-23-41(24-28-44)38-13-5-2-6-14-38)57-55(58-54)47-32-34-50-49-17-9-10-18-51(49)59(52(50)36-47)48-33-31-39-15-7-8-16-46(39)35-48/h1-36,54H,(H,56,57,58). The van der Waals surface area contributed by atoms with Gasteiger partial charge in [0.1, 0.15) is 12.0 Å². The van der Waals surface area contributed by atoms with Gasteiger partial charge in [-0.1, -0.05) is 194 Å². The first kappa shape index (κ1) is 34.4. The molecule has 0 saturated carbocycles. The summed E-state index contributed by atoms with van der Waals surface area (Å²) in [4.78, 5) is 10.6. The van der Waals surface area contributed by atoms with E-state index in [4.69, 9.17) is 9.98 Å². The molecule has 2 heterocycles. The summed E-state index contributed by atoms with van der Waals surface area (Å²) in [6, 6.07) is 77.7. The van der Waals surface area contributed by atoms with Crippen molar-refractivity contribution in [1.82, 2.24) is 9.88 Å². The Bertz CT molecular complexity index is 3200. The molecule has 59 heavy (non-hydrogen) atoms. The first-order valence-corrected chi connectivity index (χ1v) is 20.1. The lowest BCUT2D eigenvalue weighted by Crippen LogP contribution is -2.33. The Morgan fingerprint density at radius 2 is 0.881 bits per heavy atom. The SMILES string of the molecule is c1ccc(-c2ccc(C3=NC(c4ccc5c6ccccc6n(-c6ccc7ccccc7c6)c5c4)=NC(c4ccc(-c5ccc(-c6ccccc6)cc5)cc4)N3)cc2)cc1. The molecule has 0 bridgehead atoms. The van der Waals surface area contributed by atoms with Gasteiger partial charge in [-0.15, -0.1) is 0 Å². The van der Waals surface area contributed by atoms with E-state index in [-0.39, 0.29) is 6.17 Å². The molecule has 0 aliphatic carbocycles. The summed E-state index contributed by atoms with van der Waals surface area (Å²) in [5.41, 5.74) is 13.5. The van der Waals surface area contributed by atoms with Crippen LogP contribution in [0.15, 0.2) is 228 Å². The summed E-state index contributed by atoms with van der Waals surface area (Å²) in [5, 5.41) is 8.54. The van der Waals surface area contributed by atoms with E-state index >= 15 is 0 Å². The van der Waals surface area contributed by atoms with E-state index in [1.165, 1.54) is 43.8 Å². The molecule has 1 N–H and O–H groups in total. The van der Waals surface area contributed by atoms with E-state index in [0.717, 1.165) is 50.4 Å². The molecule has 1 aliphatic rings. The van der Waals surface area contributed by atoms with Gasteiger partial charge in [-0.05, 0) is 74.0 Å². The number of amidine groups is 2. The Morgan fingerprint density at radius 3 is 1.54 bits per heavy atom. The van der Waals surface area contributed by atoms with Crippen LogP contribution in [0.4, 0.5) is 0 Å². The number of fused-ring (bicyclic) bond motifs is 4. The van der Waals surface area contributed by atoms with E-state index in [1.807, 2.05) is 6.07 Å². The van der Waals surface area contributed by atoms with Gasteiger partial charge < -0.3 is 9.88 Å². The fourth-order valence-electron chi connectivity index (χ4n) is 8.39. The maximum atomic E-state index is 5.32. The van der Waals surface area contributed by atoms with Crippen molar-refractivity contribution in [2.45, 2.75) is 6.17 Å². The molecule has 10 aromatic rings. The topological polar surface area (TPSA) is 41.7 Å². The van der Waals surface area contributed by atoms with Crippen molar-refractivity contribution in [3.8, 4) is 39.1 Å². The number of aliphatic imine (C=N–C) groups is 2. The summed E-state index contributed by atoms with van der Waals surface area (Å²) < 4.78 is 2.37. The van der Waals surface area contributed by atoms with Crippen molar-refractivity contribution in [1.29, 1.82) is 0 Å². The third kappa shape index (κ3) is 6.47. The van der Waals surface area contributed by atoms with Crippen molar-refractivity contribution in [2.24, 2.45) is 9.98 Å². The predicted octanol–water partition coefficient (Wildman–Crippen LogP) is 13.4. The number of benzene rings is 9. The van der Waals surface area contributed by atoms with Crippen LogP contribution < -0.4 is 5.32 Å². The Balaban J connectivity index is 0.998. The van der Waals surface area contributed by atoms with Crippen LogP contribution in [0.5, 0.6) is 0 Å². The first-order valence-electron chi connectivity index (χ1n) is 20.1. The van der Waals surface area contributed by atoms with Crippen LogP contribution in [-0.2, 0) is 0 Å². The van der Waals surface area contributed by atoms with Gasteiger partial charge in [0.2, 0.25) is 0 Å². The minimum absolute atomic E-state index is 0.345.